The highest BCUT2D eigenvalue weighted by Crippen LogP contribution is 2.27. The van der Waals surface area contributed by atoms with Crippen LogP contribution in [0.3, 0.4) is 0 Å². The Morgan fingerprint density at radius 2 is 1.75 bits per heavy atom. The van der Waals surface area contributed by atoms with Crippen LogP contribution in [0.25, 0.3) is 0 Å². The minimum absolute atomic E-state index is 0.0830. The Morgan fingerprint density at radius 3 is 2.40 bits per heavy atom. The molecule has 214 valence electrons. The van der Waals surface area contributed by atoms with Gasteiger partial charge in [0.15, 0.2) is 16.6 Å². The number of anilines is 1. The first-order valence-corrected chi connectivity index (χ1v) is 14.1. The molecule has 0 atom stereocenters. The lowest BCUT2D eigenvalue weighted by atomic mass is 10.1. The zero-order chi connectivity index (χ0) is 29.2. The van der Waals surface area contributed by atoms with Crippen LogP contribution in [0.15, 0.2) is 47.8 Å². The molecule has 0 aliphatic heterocycles. The Balaban J connectivity index is 1.53. The average molecular weight is 587 g/mol. The summed E-state index contributed by atoms with van der Waals surface area (Å²) in [5.74, 6) is 0.783. The van der Waals surface area contributed by atoms with Crippen molar-refractivity contribution in [1.29, 1.82) is 0 Å². The summed E-state index contributed by atoms with van der Waals surface area (Å²) in [5.41, 5.74) is 2.06. The summed E-state index contributed by atoms with van der Waals surface area (Å²) in [5, 5.41) is 5.42. The third-order valence-corrected chi connectivity index (χ3v) is 7.10. The van der Waals surface area contributed by atoms with E-state index in [-0.39, 0.29) is 36.6 Å². The van der Waals surface area contributed by atoms with Gasteiger partial charge < -0.3 is 24.6 Å². The number of halogens is 1. The summed E-state index contributed by atoms with van der Waals surface area (Å²) < 4.78 is 10.6. The summed E-state index contributed by atoms with van der Waals surface area (Å²) in [6.45, 7) is 4.79. The first-order chi connectivity index (χ1) is 19.1. The molecule has 0 fully saturated rings. The van der Waals surface area contributed by atoms with Crippen LogP contribution in [0, 0.1) is 5.92 Å². The Hall–Kier alpha value is -3.63. The smallest absolute Gasteiger partial charge is 0.254 e. The number of ether oxygens (including phenoxy) is 2. The molecular weight excluding hydrogens is 552 g/mol. The number of nitrogens with zero attached hydrogens (tertiary/aromatic N) is 3. The maximum absolute atomic E-state index is 13.0. The Kier molecular flexibility index (Phi) is 11.3. The van der Waals surface area contributed by atoms with Gasteiger partial charge in [0.25, 0.3) is 5.91 Å². The molecule has 9 nitrogen and oxygen atoms in total. The number of thiazole rings is 1. The van der Waals surface area contributed by atoms with Crippen LogP contribution in [0.5, 0.6) is 11.5 Å². The molecule has 1 heterocycles. The number of likely N-dealkylation sites (N-methyl/N-ethyl adjacent to an activating group) is 1. The molecule has 0 unspecified atom stereocenters. The van der Waals surface area contributed by atoms with E-state index < -0.39 is 0 Å². The molecule has 3 amide bonds. The van der Waals surface area contributed by atoms with Gasteiger partial charge in [0.1, 0.15) is 6.54 Å². The monoisotopic (exact) mass is 586 g/mol. The second-order valence-electron chi connectivity index (χ2n) is 9.71. The number of methoxy groups -OCH3 is 2. The van der Waals surface area contributed by atoms with Crippen LogP contribution in [0.2, 0.25) is 5.02 Å². The predicted octanol–water partition coefficient (Wildman–Crippen LogP) is 4.79. The number of hydrogen-bond donors (Lipinski definition) is 1. The van der Waals surface area contributed by atoms with Crippen molar-refractivity contribution in [3.8, 4) is 11.5 Å². The van der Waals surface area contributed by atoms with Gasteiger partial charge in [-0.05, 0) is 54.3 Å². The van der Waals surface area contributed by atoms with Crippen LogP contribution >= 0.6 is 22.9 Å². The van der Waals surface area contributed by atoms with Gasteiger partial charge in [-0.2, -0.15) is 0 Å². The van der Waals surface area contributed by atoms with Gasteiger partial charge >= 0.3 is 0 Å². The zero-order valence-electron chi connectivity index (χ0n) is 23.4. The Labute approximate surface area is 244 Å². The van der Waals surface area contributed by atoms with Crippen molar-refractivity contribution in [2.45, 2.75) is 26.7 Å². The number of aromatic nitrogens is 1. The summed E-state index contributed by atoms with van der Waals surface area (Å²) in [7, 11) is 4.92. The molecule has 0 saturated carbocycles. The lowest BCUT2D eigenvalue weighted by Crippen LogP contribution is -2.40. The molecule has 1 N–H and O–H groups in total. The van der Waals surface area contributed by atoms with E-state index in [4.69, 9.17) is 21.1 Å². The molecule has 3 aromatic rings. The summed E-state index contributed by atoms with van der Waals surface area (Å²) in [4.78, 5) is 46.1. The van der Waals surface area contributed by atoms with Crippen molar-refractivity contribution in [2.75, 3.05) is 46.2 Å². The highest BCUT2D eigenvalue weighted by Gasteiger charge is 2.21. The fraction of sp³-hybridized carbons (Fsp3) is 0.379. The van der Waals surface area contributed by atoms with Gasteiger partial charge in [-0.3, -0.25) is 14.4 Å². The number of nitrogens with one attached hydrogen (secondary N) is 1. The molecule has 0 aliphatic rings. The van der Waals surface area contributed by atoms with E-state index in [2.05, 4.69) is 10.3 Å². The predicted molar refractivity (Wildman–Crippen MR) is 158 cm³/mol. The maximum atomic E-state index is 13.0. The van der Waals surface area contributed by atoms with E-state index >= 15 is 0 Å². The molecular formula is C29H35ClN4O5S. The molecule has 0 radical (unpaired) electrons. The second kappa shape index (κ2) is 14.7. The Morgan fingerprint density at radius 1 is 1.05 bits per heavy atom. The van der Waals surface area contributed by atoms with E-state index in [1.807, 2.05) is 32.0 Å². The highest BCUT2D eigenvalue weighted by atomic mass is 35.5. The third-order valence-electron chi connectivity index (χ3n) is 6.04. The van der Waals surface area contributed by atoms with Gasteiger partial charge in [0.05, 0.1) is 26.3 Å². The van der Waals surface area contributed by atoms with Crippen molar-refractivity contribution in [1.82, 2.24) is 14.8 Å². The quantitative estimate of drug-likeness (QED) is 0.309. The SMILES string of the molecule is COc1ccc(CCN(C)C(=O)Cc2csc(NC(=O)CN(CC(C)C)C(=O)c3ccc(Cl)cc3)n2)cc1OC. The van der Waals surface area contributed by atoms with Crippen molar-refractivity contribution < 1.29 is 23.9 Å². The lowest BCUT2D eigenvalue weighted by Gasteiger charge is -2.24. The minimum atomic E-state index is -0.359. The number of hydrogen-bond acceptors (Lipinski definition) is 7. The standard InChI is InChI=1S/C29H35ClN4O5S/c1-19(2)16-34(28(37)21-7-9-22(30)10-8-21)17-26(35)32-29-31-23(18-40-29)15-27(36)33(3)13-12-20-6-11-24(38-4)25(14-20)39-5/h6-11,14,18-19H,12-13,15-17H2,1-5H3,(H,31,32,35). The molecule has 1 aromatic heterocycles. The molecule has 0 spiro atoms. The van der Waals surface area contributed by atoms with E-state index in [0.29, 0.717) is 52.4 Å². The normalized spacial score (nSPS) is 10.8. The van der Waals surface area contributed by atoms with Gasteiger partial charge in [0.2, 0.25) is 11.8 Å². The molecule has 0 saturated heterocycles. The number of carbonyl (C=O) groups excluding carboxylic acids is 3. The van der Waals surface area contributed by atoms with Crippen molar-refractivity contribution in [2.24, 2.45) is 5.92 Å². The summed E-state index contributed by atoms with van der Waals surface area (Å²) in [6, 6.07) is 12.3. The van der Waals surface area contributed by atoms with Gasteiger partial charge in [0, 0.05) is 36.1 Å². The van der Waals surface area contributed by atoms with E-state index in [0.717, 1.165) is 5.56 Å². The fourth-order valence-electron chi connectivity index (χ4n) is 3.96. The largest absolute Gasteiger partial charge is 0.493 e. The zero-order valence-corrected chi connectivity index (χ0v) is 25.0. The Bertz CT molecular complexity index is 1310. The van der Waals surface area contributed by atoms with Gasteiger partial charge in [-0.1, -0.05) is 31.5 Å². The number of benzene rings is 2. The van der Waals surface area contributed by atoms with Crippen LogP contribution in [-0.4, -0.2) is 73.4 Å². The van der Waals surface area contributed by atoms with E-state index in [1.54, 1.807) is 55.8 Å². The molecule has 0 bridgehead atoms. The third kappa shape index (κ3) is 8.96. The molecule has 3 rings (SSSR count). The fourth-order valence-corrected chi connectivity index (χ4v) is 4.81. The average Bonchev–Trinajstić information content (AvgIpc) is 3.36. The van der Waals surface area contributed by atoms with Crippen LogP contribution in [-0.2, 0) is 22.4 Å². The molecule has 2 aromatic carbocycles. The van der Waals surface area contributed by atoms with Gasteiger partial charge in [-0.15, -0.1) is 11.3 Å². The first-order valence-electron chi connectivity index (χ1n) is 12.8. The van der Waals surface area contributed by atoms with Crippen molar-refractivity contribution >= 4 is 45.8 Å². The van der Waals surface area contributed by atoms with Gasteiger partial charge in [-0.25, -0.2) is 4.98 Å². The van der Waals surface area contributed by atoms with Crippen LogP contribution < -0.4 is 14.8 Å². The maximum Gasteiger partial charge on any atom is 0.254 e. The van der Waals surface area contributed by atoms with Crippen molar-refractivity contribution in [3.05, 3.63) is 69.7 Å². The molecule has 0 aliphatic carbocycles. The molecule has 11 heteroatoms. The topological polar surface area (TPSA) is 101 Å². The summed E-state index contributed by atoms with van der Waals surface area (Å²) >= 11 is 7.18. The second-order valence-corrected chi connectivity index (χ2v) is 11.0. The van der Waals surface area contributed by atoms with E-state index in [1.165, 1.54) is 16.2 Å². The van der Waals surface area contributed by atoms with E-state index in [9.17, 15) is 14.4 Å². The number of amides is 3. The minimum Gasteiger partial charge on any atom is -0.493 e. The van der Waals surface area contributed by atoms with Crippen LogP contribution in [0.4, 0.5) is 5.13 Å². The summed E-state index contributed by atoms with van der Waals surface area (Å²) in [6.07, 6.45) is 0.770. The number of carbonyl (C=O) groups is 3. The molecule has 40 heavy (non-hydrogen) atoms. The van der Waals surface area contributed by atoms with Crippen molar-refractivity contribution in [3.63, 3.8) is 0 Å². The first kappa shape index (κ1) is 30.9. The number of rotatable bonds is 13. The highest BCUT2D eigenvalue weighted by molar-refractivity contribution is 7.13. The lowest BCUT2D eigenvalue weighted by molar-refractivity contribution is -0.129. The van der Waals surface area contributed by atoms with Crippen LogP contribution in [0.1, 0.15) is 35.5 Å².